The number of anilines is 1. The minimum Gasteiger partial charge on any atom is -0.486 e. The number of nitrogens with one attached hydrogen (secondary N) is 2. The van der Waals surface area contributed by atoms with Crippen molar-refractivity contribution in [1.29, 1.82) is 0 Å². The normalized spacial score (nSPS) is 15.1. The number of nitrogens with zero attached hydrogens (tertiary/aromatic N) is 1. The number of carbonyl (C=O) groups excluding carboxylic acids is 2. The molecule has 9 heteroatoms. The van der Waals surface area contributed by atoms with Gasteiger partial charge in [0.15, 0.2) is 17.3 Å². The second-order valence-electron chi connectivity index (χ2n) is 9.38. The van der Waals surface area contributed by atoms with Gasteiger partial charge in [0.1, 0.15) is 19.5 Å². The minimum absolute atomic E-state index is 0.0625. The Labute approximate surface area is 224 Å². The summed E-state index contributed by atoms with van der Waals surface area (Å²) in [6.45, 7) is 2.17. The number of ether oxygens (including phenoxy) is 2. The van der Waals surface area contributed by atoms with E-state index in [1.807, 2.05) is 44.4 Å². The molecule has 0 spiro atoms. The fourth-order valence-corrected chi connectivity index (χ4v) is 3.91. The first-order valence-corrected chi connectivity index (χ1v) is 13.1. The van der Waals surface area contributed by atoms with E-state index in [2.05, 4.69) is 22.8 Å². The molecule has 0 aromatic heterocycles. The molecule has 0 aliphatic carbocycles. The van der Waals surface area contributed by atoms with Crippen LogP contribution in [0.1, 0.15) is 48.0 Å². The van der Waals surface area contributed by atoms with Gasteiger partial charge in [-0.25, -0.2) is 8.78 Å². The topological polar surface area (TPSA) is 79.9 Å². The zero-order valence-electron chi connectivity index (χ0n) is 22.7. The summed E-state index contributed by atoms with van der Waals surface area (Å²) in [5, 5.41) is 6.14. The molecular weight excluding hydrogens is 492 g/mol. The van der Waals surface area contributed by atoms with E-state index in [9.17, 15) is 18.4 Å². The number of Topliss-reactive ketones (excluding diaryl/α,β-unsaturated/α-hetero) is 1. The summed E-state index contributed by atoms with van der Waals surface area (Å²) in [7, 11) is 5.49. The Hall–Kier alpha value is -3.04. The van der Waals surface area contributed by atoms with Gasteiger partial charge in [0.05, 0.1) is 13.1 Å². The van der Waals surface area contributed by atoms with Gasteiger partial charge < -0.3 is 24.9 Å². The number of hydrogen-bond donors (Lipinski definition) is 2. The van der Waals surface area contributed by atoms with Crippen LogP contribution in [0, 0.1) is 0 Å². The third-order valence-corrected chi connectivity index (χ3v) is 5.99. The van der Waals surface area contributed by atoms with E-state index in [1.165, 1.54) is 5.56 Å². The van der Waals surface area contributed by atoms with Crippen LogP contribution in [-0.2, 0) is 11.2 Å². The maximum Gasteiger partial charge on any atom is 0.272 e. The third kappa shape index (κ3) is 11.6. The summed E-state index contributed by atoms with van der Waals surface area (Å²) in [6, 6.07) is 13.6. The molecule has 2 heterocycles. The molecule has 2 aliphatic heterocycles. The number of rotatable bonds is 11. The Morgan fingerprint density at radius 3 is 2.24 bits per heavy atom. The van der Waals surface area contributed by atoms with Crippen molar-refractivity contribution in [3.8, 4) is 11.5 Å². The van der Waals surface area contributed by atoms with Gasteiger partial charge in [0.25, 0.3) is 5.92 Å². The molecule has 0 bridgehead atoms. The average molecular weight is 534 g/mol. The van der Waals surface area contributed by atoms with E-state index in [4.69, 9.17) is 9.47 Å². The number of hydrogen-bond acceptors (Lipinski definition) is 7. The zero-order valence-corrected chi connectivity index (χ0v) is 22.7. The van der Waals surface area contributed by atoms with E-state index < -0.39 is 5.92 Å². The van der Waals surface area contributed by atoms with Crippen LogP contribution in [0.4, 0.5) is 14.5 Å². The molecule has 0 radical (unpaired) electrons. The van der Waals surface area contributed by atoms with Crippen molar-refractivity contribution in [2.24, 2.45) is 0 Å². The summed E-state index contributed by atoms with van der Waals surface area (Å²) >= 11 is 0. The van der Waals surface area contributed by atoms with Gasteiger partial charge >= 0.3 is 0 Å². The standard InChI is InChI=1S/C14H19NO2.C11H15NO2.C4H7F2N/c1-15-13-9-7-12(8-10-13)14(17)6-4-2-3-5-11-16;1-12-5-4-9-2-3-10-11(8-9)14-7-6-13-10;1-7-2-4(5,6)3-7/h7-11,15H,2-6H2,1H3;2-3,8,12H,4-7H2,1H3;2-3H2,1H3. The summed E-state index contributed by atoms with van der Waals surface area (Å²) < 4.78 is 34.4. The van der Waals surface area contributed by atoms with Crippen molar-refractivity contribution in [2.75, 3.05) is 59.3 Å². The fourth-order valence-electron chi connectivity index (χ4n) is 3.91. The van der Waals surface area contributed by atoms with Crippen molar-refractivity contribution in [3.05, 3.63) is 53.6 Å². The Kier molecular flexibility index (Phi) is 13.7. The first kappa shape index (κ1) is 31.2. The lowest BCUT2D eigenvalue weighted by Gasteiger charge is -2.35. The average Bonchev–Trinajstić information content (AvgIpc) is 2.91. The molecule has 1 saturated heterocycles. The summed E-state index contributed by atoms with van der Waals surface area (Å²) in [6.07, 6.45) is 5.81. The van der Waals surface area contributed by atoms with Crippen LogP contribution in [0.3, 0.4) is 0 Å². The summed E-state index contributed by atoms with van der Waals surface area (Å²) in [4.78, 5) is 23.5. The minimum atomic E-state index is -2.38. The highest BCUT2D eigenvalue weighted by molar-refractivity contribution is 5.96. The van der Waals surface area contributed by atoms with Gasteiger partial charge in [-0.15, -0.1) is 0 Å². The smallest absolute Gasteiger partial charge is 0.272 e. The Bertz CT molecular complexity index is 978. The van der Waals surface area contributed by atoms with Crippen LogP contribution in [-0.4, -0.2) is 76.9 Å². The second kappa shape index (κ2) is 16.7. The van der Waals surface area contributed by atoms with Gasteiger partial charge in [-0.3, -0.25) is 9.69 Å². The second-order valence-corrected chi connectivity index (χ2v) is 9.38. The number of fused-ring (bicyclic) bond motifs is 1. The van der Waals surface area contributed by atoms with Crippen molar-refractivity contribution >= 4 is 17.8 Å². The number of benzene rings is 2. The van der Waals surface area contributed by atoms with Crippen molar-refractivity contribution in [2.45, 2.75) is 44.4 Å². The molecule has 1 fully saturated rings. The van der Waals surface area contributed by atoms with E-state index in [-0.39, 0.29) is 18.9 Å². The van der Waals surface area contributed by atoms with Crippen LogP contribution >= 0.6 is 0 Å². The van der Waals surface area contributed by atoms with E-state index in [0.29, 0.717) is 26.1 Å². The molecule has 2 N–H and O–H groups in total. The number of alkyl halides is 2. The Balaban J connectivity index is 0.000000216. The highest BCUT2D eigenvalue weighted by Gasteiger charge is 2.41. The maximum absolute atomic E-state index is 11.8. The Morgan fingerprint density at radius 2 is 1.68 bits per heavy atom. The quantitative estimate of drug-likeness (QED) is 0.243. The molecule has 0 atom stereocenters. The maximum atomic E-state index is 11.8. The summed E-state index contributed by atoms with van der Waals surface area (Å²) in [5.74, 6) is -0.456. The van der Waals surface area contributed by atoms with Crippen LogP contribution in [0.5, 0.6) is 11.5 Å². The first-order chi connectivity index (χ1) is 18.3. The number of ketones is 1. The number of unbranched alkanes of at least 4 members (excludes halogenated alkanes) is 3. The van der Waals surface area contributed by atoms with Gasteiger partial charge in [-0.2, -0.15) is 0 Å². The van der Waals surface area contributed by atoms with Crippen molar-refractivity contribution in [3.63, 3.8) is 0 Å². The lowest BCUT2D eigenvalue weighted by molar-refractivity contribution is -0.119. The Morgan fingerprint density at radius 1 is 1.00 bits per heavy atom. The van der Waals surface area contributed by atoms with Crippen molar-refractivity contribution in [1.82, 2.24) is 10.2 Å². The van der Waals surface area contributed by atoms with Gasteiger partial charge in [-0.1, -0.05) is 12.5 Å². The molecule has 0 saturated carbocycles. The molecule has 2 aromatic rings. The van der Waals surface area contributed by atoms with Crippen molar-refractivity contribution < 1.29 is 27.8 Å². The number of carbonyl (C=O) groups is 2. The predicted molar refractivity (Wildman–Crippen MR) is 147 cm³/mol. The lowest BCUT2D eigenvalue weighted by atomic mass is 10.0. The van der Waals surface area contributed by atoms with Gasteiger partial charge in [0, 0.05) is 31.1 Å². The van der Waals surface area contributed by atoms with E-state index in [1.54, 1.807) is 11.9 Å². The monoisotopic (exact) mass is 533 g/mol. The number of aldehydes is 1. The van der Waals surface area contributed by atoms with Crippen LogP contribution < -0.4 is 20.1 Å². The molecule has 210 valence electrons. The highest BCUT2D eigenvalue weighted by Crippen LogP contribution is 2.30. The van der Waals surface area contributed by atoms with Crippen LogP contribution in [0.2, 0.25) is 0 Å². The highest BCUT2D eigenvalue weighted by atomic mass is 19.3. The molecule has 2 aliphatic rings. The van der Waals surface area contributed by atoms with E-state index in [0.717, 1.165) is 61.3 Å². The molecule has 2 aromatic carbocycles. The third-order valence-electron chi connectivity index (χ3n) is 5.99. The number of likely N-dealkylation sites (N-methyl/N-ethyl adjacent to an activating group) is 1. The predicted octanol–water partition coefficient (Wildman–Crippen LogP) is 4.85. The van der Waals surface area contributed by atoms with Gasteiger partial charge in [-0.05, 0) is 81.9 Å². The first-order valence-electron chi connectivity index (χ1n) is 13.1. The van der Waals surface area contributed by atoms with Crippen LogP contribution in [0.25, 0.3) is 0 Å². The molecule has 7 nitrogen and oxygen atoms in total. The fraction of sp³-hybridized carbons (Fsp3) is 0.517. The molecule has 38 heavy (non-hydrogen) atoms. The molecule has 0 amide bonds. The number of halogens is 2. The molecule has 0 unspecified atom stereocenters. The van der Waals surface area contributed by atoms with Crippen LogP contribution in [0.15, 0.2) is 42.5 Å². The summed E-state index contributed by atoms with van der Waals surface area (Å²) in [5.41, 5.74) is 3.05. The SMILES string of the molecule is CN1CC(F)(F)C1.CNCCc1ccc2c(c1)OCCO2.CNc1ccc(C(=O)CCCCCC=O)cc1. The zero-order chi connectivity index (χ0) is 27.8. The lowest BCUT2D eigenvalue weighted by Crippen LogP contribution is -2.53. The van der Waals surface area contributed by atoms with E-state index >= 15 is 0 Å². The number of likely N-dealkylation sites (tertiary alicyclic amines) is 1. The largest absolute Gasteiger partial charge is 0.486 e. The molecule has 4 rings (SSSR count). The van der Waals surface area contributed by atoms with Gasteiger partial charge in [0.2, 0.25) is 0 Å². The molecular formula is C29H41F2N3O4.